The van der Waals surface area contributed by atoms with Crippen LogP contribution >= 0.6 is 11.3 Å². The number of ether oxygens (including phenoxy) is 3. The first-order chi connectivity index (χ1) is 17.0. The predicted molar refractivity (Wildman–Crippen MR) is 128 cm³/mol. The van der Waals surface area contributed by atoms with Crippen molar-refractivity contribution >= 4 is 34.7 Å². The van der Waals surface area contributed by atoms with Crippen LogP contribution in [0.1, 0.15) is 40.1 Å². The number of nitrogens with one attached hydrogen (secondary N) is 1. The Balaban J connectivity index is 1.27. The first-order valence-corrected chi connectivity index (χ1v) is 12.7. The minimum Gasteiger partial charge on any atom is -0.490 e. The number of morpholine rings is 1. The molecule has 1 aromatic heterocycles. The van der Waals surface area contributed by atoms with E-state index < -0.39 is 0 Å². The number of carbonyl (C=O) groups excluding carboxylic acids is 3. The van der Waals surface area contributed by atoms with Crippen LogP contribution in [-0.4, -0.2) is 90.7 Å². The Morgan fingerprint density at radius 1 is 1.23 bits per heavy atom. The molecule has 2 aromatic rings. The third kappa shape index (κ3) is 5.16. The van der Waals surface area contributed by atoms with Crippen LogP contribution in [0, 0.1) is 0 Å². The van der Waals surface area contributed by atoms with Crippen molar-refractivity contribution in [2.45, 2.75) is 37.5 Å². The lowest BCUT2D eigenvalue weighted by Gasteiger charge is -2.42. The van der Waals surface area contributed by atoms with Crippen molar-refractivity contribution in [3.05, 3.63) is 40.3 Å². The highest BCUT2D eigenvalue weighted by molar-refractivity contribution is 7.07. The lowest BCUT2D eigenvalue weighted by atomic mass is 9.94. The SMILES string of the molecule is CN1C(=O)c2cc(NC(=O)c3cscn3)ccc2OC[C@@H]2O[C@@H](CC(=O)N3CCOCC3)CC[C@H]21. The molecule has 1 N–H and O–H groups in total. The molecule has 10 nitrogen and oxygen atoms in total. The van der Waals surface area contributed by atoms with Gasteiger partial charge in [0.25, 0.3) is 11.8 Å². The van der Waals surface area contributed by atoms with E-state index in [1.807, 2.05) is 4.90 Å². The Morgan fingerprint density at radius 3 is 2.83 bits per heavy atom. The molecular formula is C24H28N4O6S. The summed E-state index contributed by atoms with van der Waals surface area (Å²) in [6, 6.07) is 4.84. The number of fused-ring (bicyclic) bond motifs is 2. The third-order valence-electron chi connectivity index (χ3n) is 6.70. The van der Waals surface area contributed by atoms with Crippen molar-refractivity contribution in [3.63, 3.8) is 0 Å². The minimum absolute atomic E-state index is 0.0746. The van der Waals surface area contributed by atoms with E-state index in [-0.39, 0.29) is 42.6 Å². The van der Waals surface area contributed by atoms with Crippen LogP contribution in [0.5, 0.6) is 5.75 Å². The number of nitrogens with zero attached hydrogens (tertiary/aromatic N) is 3. The number of anilines is 1. The number of amides is 3. The van der Waals surface area contributed by atoms with Crippen molar-refractivity contribution in [1.29, 1.82) is 0 Å². The zero-order chi connectivity index (χ0) is 24.4. The van der Waals surface area contributed by atoms with Gasteiger partial charge in [-0.3, -0.25) is 14.4 Å². The van der Waals surface area contributed by atoms with Crippen molar-refractivity contribution in [1.82, 2.24) is 14.8 Å². The van der Waals surface area contributed by atoms with Crippen LogP contribution in [0.15, 0.2) is 29.1 Å². The molecule has 0 bridgehead atoms. The molecule has 0 radical (unpaired) electrons. The molecule has 0 aliphatic carbocycles. The van der Waals surface area contributed by atoms with Gasteiger partial charge in [0.2, 0.25) is 5.91 Å². The molecule has 0 spiro atoms. The lowest BCUT2D eigenvalue weighted by molar-refractivity contribution is -0.146. The molecule has 3 aliphatic rings. The summed E-state index contributed by atoms with van der Waals surface area (Å²) in [7, 11) is 1.76. The zero-order valence-electron chi connectivity index (χ0n) is 19.5. The fourth-order valence-electron chi connectivity index (χ4n) is 4.76. The first-order valence-electron chi connectivity index (χ1n) is 11.7. The molecule has 5 rings (SSSR count). The highest BCUT2D eigenvalue weighted by atomic mass is 32.1. The summed E-state index contributed by atoms with van der Waals surface area (Å²) in [5.41, 5.74) is 2.79. The first kappa shape index (κ1) is 23.7. The number of likely N-dealkylation sites (N-methyl/N-ethyl adjacent to an activating group) is 1. The van der Waals surface area contributed by atoms with Gasteiger partial charge in [-0.05, 0) is 31.0 Å². The number of hydrogen-bond donors (Lipinski definition) is 1. The van der Waals surface area contributed by atoms with Gasteiger partial charge in [-0.25, -0.2) is 4.98 Å². The standard InChI is InChI=1S/C24H28N4O6S/c1-27-19-4-3-16(11-22(29)28-6-8-32-9-7-28)34-21(19)12-33-20-5-2-15(10-17(20)24(27)31)26-23(30)18-13-35-14-25-18/h2,5,10,13-14,16,19,21H,3-4,6-9,11-12H2,1H3,(H,26,30)/t16-,19-,21+/m1/s1. The lowest BCUT2D eigenvalue weighted by Crippen LogP contribution is -2.54. The Morgan fingerprint density at radius 2 is 2.06 bits per heavy atom. The second-order valence-corrected chi connectivity index (χ2v) is 9.62. The van der Waals surface area contributed by atoms with Crippen LogP contribution < -0.4 is 10.1 Å². The summed E-state index contributed by atoms with van der Waals surface area (Å²) in [5, 5.41) is 4.45. The largest absolute Gasteiger partial charge is 0.490 e. The fraction of sp³-hybridized carbons (Fsp3) is 0.500. The molecule has 3 amide bonds. The fourth-order valence-corrected chi connectivity index (χ4v) is 5.29. The second-order valence-electron chi connectivity index (χ2n) is 8.90. The maximum atomic E-state index is 13.4. The molecule has 2 saturated heterocycles. The van der Waals surface area contributed by atoms with E-state index in [9.17, 15) is 14.4 Å². The summed E-state index contributed by atoms with van der Waals surface area (Å²) in [4.78, 5) is 45.9. The van der Waals surface area contributed by atoms with E-state index in [0.29, 0.717) is 68.3 Å². The number of carbonyl (C=O) groups is 3. The second kappa shape index (κ2) is 10.3. The van der Waals surface area contributed by atoms with E-state index in [1.54, 1.807) is 41.0 Å². The van der Waals surface area contributed by atoms with Gasteiger partial charge in [-0.1, -0.05) is 0 Å². The molecule has 2 fully saturated rings. The van der Waals surface area contributed by atoms with Crippen molar-refractivity contribution in [2.24, 2.45) is 0 Å². The number of benzene rings is 1. The third-order valence-corrected chi connectivity index (χ3v) is 7.29. The number of rotatable bonds is 4. The van der Waals surface area contributed by atoms with Gasteiger partial charge >= 0.3 is 0 Å². The van der Waals surface area contributed by atoms with Gasteiger partial charge in [0.15, 0.2) is 0 Å². The molecule has 0 saturated carbocycles. The van der Waals surface area contributed by atoms with Gasteiger partial charge in [0.05, 0.1) is 42.9 Å². The monoisotopic (exact) mass is 500 g/mol. The van der Waals surface area contributed by atoms with E-state index in [0.717, 1.165) is 0 Å². The van der Waals surface area contributed by atoms with Crippen molar-refractivity contribution in [2.75, 3.05) is 45.3 Å². The molecule has 35 heavy (non-hydrogen) atoms. The number of aromatic nitrogens is 1. The van der Waals surface area contributed by atoms with E-state index in [1.165, 1.54) is 11.3 Å². The van der Waals surface area contributed by atoms with Crippen molar-refractivity contribution < 1.29 is 28.6 Å². The molecular weight excluding hydrogens is 472 g/mol. The number of thiazole rings is 1. The normalized spacial score (nSPS) is 24.5. The summed E-state index contributed by atoms with van der Waals surface area (Å²) < 4.78 is 17.6. The van der Waals surface area contributed by atoms with E-state index in [2.05, 4.69) is 10.3 Å². The Bertz CT molecular complexity index is 1090. The summed E-state index contributed by atoms with van der Waals surface area (Å²) in [5.74, 6) is -0.0318. The van der Waals surface area contributed by atoms with Crippen LogP contribution in [0.2, 0.25) is 0 Å². The predicted octanol–water partition coefficient (Wildman–Crippen LogP) is 2.02. The molecule has 1 aromatic carbocycles. The van der Waals surface area contributed by atoms with Gasteiger partial charge < -0.3 is 29.3 Å². The van der Waals surface area contributed by atoms with E-state index in [4.69, 9.17) is 14.2 Å². The molecule has 11 heteroatoms. The molecule has 186 valence electrons. The average Bonchev–Trinajstić information content (AvgIpc) is 3.42. The smallest absolute Gasteiger partial charge is 0.275 e. The van der Waals surface area contributed by atoms with Crippen LogP contribution in [0.4, 0.5) is 5.69 Å². The summed E-state index contributed by atoms with van der Waals surface area (Å²) >= 11 is 1.34. The zero-order valence-corrected chi connectivity index (χ0v) is 20.3. The number of hydrogen-bond acceptors (Lipinski definition) is 8. The maximum absolute atomic E-state index is 13.4. The van der Waals surface area contributed by atoms with Gasteiger partial charge in [0, 0.05) is 31.2 Å². The van der Waals surface area contributed by atoms with Crippen molar-refractivity contribution in [3.8, 4) is 5.75 Å². The Kier molecular flexibility index (Phi) is 6.98. The minimum atomic E-state index is -0.336. The van der Waals surface area contributed by atoms with Crippen LogP contribution in [0.3, 0.4) is 0 Å². The Labute approximate surface area is 207 Å². The van der Waals surface area contributed by atoms with Gasteiger partial charge in [0.1, 0.15) is 24.2 Å². The van der Waals surface area contributed by atoms with Crippen LogP contribution in [-0.2, 0) is 14.3 Å². The van der Waals surface area contributed by atoms with Gasteiger partial charge in [-0.15, -0.1) is 11.3 Å². The molecule has 3 atom stereocenters. The highest BCUT2D eigenvalue weighted by Gasteiger charge is 2.39. The van der Waals surface area contributed by atoms with Gasteiger partial charge in [-0.2, -0.15) is 0 Å². The topological polar surface area (TPSA) is 110 Å². The van der Waals surface area contributed by atoms with Crippen LogP contribution in [0.25, 0.3) is 0 Å². The quantitative estimate of drug-likeness (QED) is 0.684. The summed E-state index contributed by atoms with van der Waals surface area (Å²) in [6.45, 7) is 2.63. The maximum Gasteiger partial charge on any atom is 0.275 e. The molecule has 3 aliphatic heterocycles. The molecule has 4 heterocycles. The summed E-state index contributed by atoms with van der Waals surface area (Å²) in [6.07, 6.45) is 1.18. The van der Waals surface area contributed by atoms with E-state index >= 15 is 0 Å². The highest BCUT2D eigenvalue weighted by Crippen LogP contribution is 2.32. The average molecular weight is 501 g/mol. The molecule has 0 unspecified atom stereocenters. The Hall–Kier alpha value is -3.02.